The molecule has 2 N–H and O–H groups in total. The third-order valence-corrected chi connectivity index (χ3v) is 2.98. The highest BCUT2D eigenvalue weighted by molar-refractivity contribution is 6.06. The van der Waals surface area contributed by atoms with Crippen molar-refractivity contribution in [1.82, 2.24) is 4.98 Å². The summed E-state index contributed by atoms with van der Waals surface area (Å²) in [7, 11) is 0. The van der Waals surface area contributed by atoms with Crippen LogP contribution in [0.1, 0.15) is 15.9 Å². The first-order valence-electron chi connectivity index (χ1n) is 6.11. The Hall–Kier alpha value is -3.33. The van der Waals surface area contributed by atoms with Gasteiger partial charge in [-0.1, -0.05) is 12.1 Å². The maximum absolute atomic E-state index is 12.2. The summed E-state index contributed by atoms with van der Waals surface area (Å²) in [4.78, 5) is 25.8. The van der Waals surface area contributed by atoms with Gasteiger partial charge in [-0.2, -0.15) is 5.26 Å². The van der Waals surface area contributed by atoms with E-state index in [2.05, 4.69) is 10.3 Å². The minimum absolute atomic E-state index is 0.307. The Balaban J connectivity index is 1.93. The van der Waals surface area contributed by atoms with E-state index in [1.165, 1.54) is 6.07 Å². The predicted molar refractivity (Wildman–Crippen MR) is 75.9 cm³/mol. The van der Waals surface area contributed by atoms with Crippen molar-refractivity contribution in [1.29, 1.82) is 5.26 Å². The second-order valence-corrected chi connectivity index (χ2v) is 4.34. The Morgan fingerprint density at radius 2 is 2.05 bits per heavy atom. The van der Waals surface area contributed by atoms with Crippen LogP contribution in [-0.4, -0.2) is 10.9 Å². The highest BCUT2D eigenvalue weighted by Gasteiger charge is 2.11. The van der Waals surface area contributed by atoms with Crippen molar-refractivity contribution in [2.24, 2.45) is 0 Å². The molecule has 0 aliphatic rings. The fourth-order valence-electron chi connectivity index (χ4n) is 1.97. The minimum Gasteiger partial charge on any atom is -0.408 e. The van der Waals surface area contributed by atoms with E-state index in [0.717, 1.165) is 0 Å². The van der Waals surface area contributed by atoms with Crippen LogP contribution in [0.15, 0.2) is 51.7 Å². The predicted octanol–water partition coefficient (Wildman–Crippen LogP) is 2.25. The van der Waals surface area contributed by atoms with Crippen molar-refractivity contribution in [3.05, 3.63) is 64.1 Å². The first-order chi connectivity index (χ1) is 10.2. The van der Waals surface area contributed by atoms with E-state index in [0.29, 0.717) is 27.9 Å². The fraction of sp³-hybridized carbons (Fsp3) is 0. The summed E-state index contributed by atoms with van der Waals surface area (Å²) in [5, 5.41) is 11.6. The number of hydrogen-bond donors (Lipinski definition) is 2. The lowest BCUT2D eigenvalue weighted by Crippen LogP contribution is -2.12. The number of oxazole rings is 1. The highest BCUT2D eigenvalue weighted by atomic mass is 16.4. The zero-order chi connectivity index (χ0) is 14.8. The molecule has 21 heavy (non-hydrogen) atoms. The number of carbonyl (C=O) groups is 1. The summed E-state index contributed by atoms with van der Waals surface area (Å²) < 4.78 is 4.91. The lowest BCUT2D eigenvalue weighted by atomic mass is 10.1. The van der Waals surface area contributed by atoms with Crippen molar-refractivity contribution in [3.63, 3.8) is 0 Å². The molecule has 3 rings (SSSR count). The summed E-state index contributed by atoms with van der Waals surface area (Å²) in [6.45, 7) is 0. The van der Waals surface area contributed by atoms with Gasteiger partial charge in [0, 0.05) is 5.56 Å². The van der Waals surface area contributed by atoms with Crippen LogP contribution >= 0.6 is 0 Å². The number of anilines is 1. The maximum atomic E-state index is 12.2. The van der Waals surface area contributed by atoms with Gasteiger partial charge in [0.1, 0.15) is 6.07 Å². The third kappa shape index (κ3) is 2.40. The summed E-state index contributed by atoms with van der Waals surface area (Å²) in [6.07, 6.45) is 0. The average Bonchev–Trinajstić information content (AvgIpc) is 2.86. The summed E-state index contributed by atoms with van der Waals surface area (Å²) in [5.74, 6) is -0.958. The van der Waals surface area contributed by atoms with Gasteiger partial charge in [-0.05, 0) is 30.3 Å². The highest BCUT2D eigenvalue weighted by Crippen LogP contribution is 2.17. The SMILES string of the molecule is N#Cc1ccccc1NC(=O)c1ccc2[nH]c(=O)oc2c1. The van der Waals surface area contributed by atoms with Gasteiger partial charge in [-0.3, -0.25) is 9.78 Å². The van der Waals surface area contributed by atoms with E-state index in [4.69, 9.17) is 9.68 Å². The zero-order valence-electron chi connectivity index (χ0n) is 10.7. The van der Waals surface area contributed by atoms with Gasteiger partial charge in [-0.15, -0.1) is 0 Å². The Bertz CT molecular complexity index is 931. The molecule has 1 heterocycles. The number of aromatic amines is 1. The molecule has 0 atom stereocenters. The van der Waals surface area contributed by atoms with Crippen LogP contribution in [0, 0.1) is 11.3 Å². The smallest absolute Gasteiger partial charge is 0.408 e. The van der Waals surface area contributed by atoms with Crippen LogP contribution in [0.3, 0.4) is 0 Å². The van der Waals surface area contributed by atoms with Gasteiger partial charge in [-0.25, -0.2) is 4.79 Å². The number of rotatable bonds is 2. The van der Waals surface area contributed by atoms with E-state index in [9.17, 15) is 9.59 Å². The number of nitrogens with one attached hydrogen (secondary N) is 2. The first-order valence-corrected chi connectivity index (χ1v) is 6.11. The molecular formula is C15H9N3O3. The molecule has 0 saturated carbocycles. The Morgan fingerprint density at radius 1 is 1.24 bits per heavy atom. The maximum Gasteiger partial charge on any atom is 0.417 e. The molecule has 0 saturated heterocycles. The van der Waals surface area contributed by atoms with Gasteiger partial charge in [0.05, 0.1) is 16.8 Å². The average molecular weight is 279 g/mol. The summed E-state index contributed by atoms with van der Waals surface area (Å²) in [5.41, 5.74) is 1.97. The molecule has 0 spiro atoms. The lowest BCUT2D eigenvalue weighted by Gasteiger charge is -2.06. The minimum atomic E-state index is -0.572. The first kappa shape index (κ1) is 12.7. The summed E-state index contributed by atoms with van der Waals surface area (Å²) >= 11 is 0. The van der Waals surface area contributed by atoms with E-state index >= 15 is 0 Å². The van der Waals surface area contributed by atoms with Gasteiger partial charge in [0.2, 0.25) is 0 Å². The molecule has 1 amide bonds. The number of benzene rings is 2. The number of amides is 1. The molecular weight excluding hydrogens is 270 g/mol. The van der Waals surface area contributed by atoms with Crippen molar-refractivity contribution >= 4 is 22.7 Å². The number of H-pyrrole nitrogens is 1. The number of hydrogen-bond acceptors (Lipinski definition) is 4. The molecule has 0 radical (unpaired) electrons. The number of aromatic nitrogens is 1. The molecule has 0 aliphatic carbocycles. The molecule has 0 bridgehead atoms. The van der Waals surface area contributed by atoms with Crippen LogP contribution in [0.2, 0.25) is 0 Å². The van der Waals surface area contributed by atoms with Gasteiger partial charge in [0.25, 0.3) is 5.91 Å². The third-order valence-electron chi connectivity index (χ3n) is 2.98. The van der Waals surface area contributed by atoms with Crippen LogP contribution < -0.4 is 11.1 Å². The van der Waals surface area contributed by atoms with Crippen molar-refractivity contribution in [2.75, 3.05) is 5.32 Å². The van der Waals surface area contributed by atoms with Crippen molar-refractivity contribution in [3.8, 4) is 6.07 Å². The Labute approximate surface area is 118 Å². The zero-order valence-corrected chi connectivity index (χ0v) is 10.7. The van der Waals surface area contributed by atoms with Crippen molar-refractivity contribution in [2.45, 2.75) is 0 Å². The molecule has 102 valence electrons. The number of para-hydroxylation sites is 1. The second-order valence-electron chi connectivity index (χ2n) is 4.34. The monoisotopic (exact) mass is 279 g/mol. The van der Waals surface area contributed by atoms with E-state index < -0.39 is 5.76 Å². The number of carbonyl (C=O) groups excluding carboxylic acids is 1. The normalized spacial score (nSPS) is 10.2. The topological polar surface area (TPSA) is 98.9 Å². The number of nitrogens with zero attached hydrogens (tertiary/aromatic N) is 1. The van der Waals surface area contributed by atoms with E-state index in [1.54, 1.807) is 36.4 Å². The molecule has 6 nitrogen and oxygen atoms in total. The Morgan fingerprint density at radius 3 is 2.86 bits per heavy atom. The van der Waals surface area contributed by atoms with E-state index in [1.807, 2.05) is 6.07 Å². The standard InChI is InChI=1S/C15H9N3O3/c16-8-10-3-1-2-4-11(10)17-14(19)9-5-6-12-13(7-9)21-15(20)18-12/h1-7H,(H,17,19)(H,18,20). The molecule has 6 heteroatoms. The molecule has 0 fully saturated rings. The van der Waals surface area contributed by atoms with Gasteiger partial charge < -0.3 is 9.73 Å². The fourth-order valence-corrected chi connectivity index (χ4v) is 1.97. The molecule has 2 aromatic carbocycles. The van der Waals surface area contributed by atoms with E-state index in [-0.39, 0.29) is 5.91 Å². The number of nitriles is 1. The van der Waals surface area contributed by atoms with Crippen LogP contribution in [-0.2, 0) is 0 Å². The van der Waals surface area contributed by atoms with Gasteiger partial charge >= 0.3 is 5.76 Å². The van der Waals surface area contributed by atoms with Crippen molar-refractivity contribution < 1.29 is 9.21 Å². The lowest BCUT2D eigenvalue weighted by molar-refractivity contribution is 0.102. The summed E-state index contributed by atoms with van der Waals surface area (Å²) in [6, 6.07) is 13.3. The van der Waals surface area contributed by atoms with Crippen LogP contribution in [0.5, 0.6) is 0 Å². The molecule has 0 aliphatic heterocycles. The molecule has 3 aromatic rings. The number of fused-ring (bicyclic) bond motifs is 1. The second kappa shape index (κ2) is 4.98. The Kier molecular flexibility index (Phi) is 3.01. The largest absolute Gasteiger partial charge is 0.417 e. The van der Waals surface area contributed by atoms with Gasteiger partial charge in [0.15, 0.2) is 5.58 Å². The van der Waals surface area contributed by atoms with Crippen LogP contribution in [0.4, 0.5) is 5.69 Å². The quantitative estimate of drug-likeness (QED) is 0.751. The molecule has 0 unspecified atom stereocenters. The van der Waals surface area contributed by atoms with Crippen LogP contribution in [0.25, 0.3) is 11.1 Å². The molecule has 1 aromatic heterocycles.